The molecule has 1 aliphatic rings. The molecule has 3 aromatic carbocycles. The molecule has 0 radical (unpaired) electrons. The minimum Gasteiger partial charge on any atom is -0.497 e. The Bertz CT molecular complexity index is 1080. The molecule has 0 heterocycles. The van der Waals surface area contributed by atoms with Gasteiger partial charge in [-0.1, -0.05) is 72.8 Å². The number of amides is 2. The zero-order chi connectivity index (χ0) is 25.3. The molecular formula is C30H35N3O3. The summed E-state index contributed by atoms with van der Waals surface area (Å²) in [6.45, 7) is 0.449. The third-order valence-electron chi connectivity index (χ3n) is 6.72. The van der Waals surface area contributed by atoms with Crippen LogP contribution in [-0.2, 0) is 9.59 Å². The van der Waals surface area contributed by atoms with E-state index in [2.05, 4.69) is 10.6 Å². The van der Waals surface area contributed by atoms with Crippen molar-refractivity contribution in [1.82, 2.24) is 10.6 Å². The van der Waals surface area contributed by atoms with Gasteiger partial charge < -0.3 is 21.1 Å². The van der Waals surface area contributed by atoms with E-state index in [4.69, 9.17) is 10.5 Å². The maximum Gasteiger partial charge on any atom is 0.243 e. The summed E-state index contributed by atoms with van der Waals surface area (Å²) in [5.41, 5.74) is 8.58. The number of nitrogens with one attached hydrogen (secondary N) is 2. The van der Waals surface area contributed by atoms with E-state index in [1.165, 1.54) is 0 Å². The predicted molar refractivity (Wildman–Crippen MR) is 142 cm³/mol. The molecule has 1 aliphatic carbocycles. The molecule has 0 aliphatic heterocycles. The minimum absolute atomic E-state index is 0.0975. The zero-order valence-electron chi connectivity index (χ0n) is 20.7. The third-order valence-corrected chi connectivity index (χ3v) is 6.72. The summed E-state index contributed by atoms with van der Waals surface area (Å²) in [5.74, 6) is 0.290. The van der Waals surface area contributed by atoms with Crippen LogP contribution in [0, 0.1) is 5.92 Å². The van der Waals surface area contributed by atoms with E-state index >= 15 is 0 Å². The van der Waals surface area contributed by atoms with Crippen molar-refractivity contribution < 1.29 is 14.3 Å². The minimum atomic E-state index is -0.671. The summed E-state index contributed by atoms with van der Waals surface area (Å²) in [7, 11) is 1.64. The fourth-order valence-electron chi connectivity index (χ4n) is 4.60. The number of carbonyl (C=O) groups is 2. The van der Waals surface area contributed by atoms with Crippen molar-refractivity contribution in [3.63, 3.8) is 0 Å². The first-order chi connectivity index (χ1) is 17.6. The first-order valence-electron chi connectivity index (χ1n) is 12.7. The van der Waals surface area contributed by atoms with Crippen molar-refractivity contribution in [2.24, 2.45) is 11.7 Å². The monoisotopic (exact) mass is 485 g/mol. The summed E-state index contributed by atoms with van der Waals surface area (Å²) < 4.78 is 5.28. The predicted octanol–water partition coefficient (Wildman–Crippen LogP) is 4.32. The van der Waals surface area contributed by atoms with Gasteiger partial charge in [0.1, 0.15) is 11.8 Å². The second kappa shape index (κ2) is 12.4. The van der Waals surface area contributed by atoms with Gasteiger partial charge in [0, 0.05) is 0 Å². The van der Waals surface area contributed by atoms with Gasteiger partial charge in [-0.3, -0.25) is 9.59 Å². The Morgan fingerprint density at radius 3 is 1.92 bits per heavy atom. The first kappa shape index (κ1) is 25.5. The molecule has 6 nitrogen and oxygen atoms in total. The van der Waals surface area contributed by atoms with Gasteiger partial charge in [-0.15, -0.1) is 0 Å². The van der Waals surface area contributed by atoms with Crippen LogP contribution >= 0.6 is 0 Å². The van der Waals surface area contributed by atoms with Crippen LogP contribution in [0.5, 0.6) is 5.75 Å². The summed E-state index contributed by atoms with van der Waals surface area (Å²) in [6.07, 6.45) is 3.25. The van der Waals surface area contributed by atoms with Crippen LogP contribution in [0.3, 0.4) is 0 Å². The van der Waals surface area contributed by atoms with Gasteiger partial charge >= 0.3 is 0 Å². The van der Waals surface area contributed by atoms with Crippen LogP contribution in [0.25, 0.3) is 0 Å². The number of methoxy groups -OCH3 is 1. The molecule has 188 valence electrons. The molecule has 0 bridgehead atoms. The van der Waals surface area contributed by atoms with Crippen LogP contribution in [-0.4, -0.2) is 31.5 Å². The highest BCUT2D eigenvalue weighted by Gasteiger charge is 2.35. The van der Waals surface area contributed by atoms with Crippen LogP contribution in [0.2, 0.25) is 0 Å². The average Bonchev–Trinajstić information content (AvgIpc) is 3.76. The Morgan fingerprint density at radius 1 is 0.833 bits per heavy atom. The molecule has 6 heteroatoms. The Balaban J connectivity index is 1.54. The van der Waals surface area contributed by atoms with E-state index < -0.39 is 12.0 Å². The molecule has 2 amide bonds. The number of rotatable bonds is 12. The van der Waals surface area contributed by atoms with Crippen molar-refractivity contribution in [2.75, 3.05) is 13.7 Å². The highest BCUT2D eigenvalue weighted by Crippen LogP contribution is 2.41. The van der Waals surface area contributed by atoms with Crippen molar-refractivity contribution >= 4 is 11.8 Å². The highest BCUT2D eigenvalue weighted by molar-refractivity contribution is 5.92. The maximum atomic E-state index is 13.7. The van der Waals surface area contributed by atoms with E-state index in [1.54, 1.807) is 7.11 Å². The van der Waals surface area contributed by atoms with Gasteiger partial charge in [0.05, 0.1) is 19.1 Å². The lowest BCUT2D eigenvalue weighted by Crippen LogP contribution is -2.49. The molecule has 1 saturated carbocycles. The third kappa shape index (κ3) is 6.52. The molecule has 0 spiro atoms. The molecule has 3 aromatic rings. The highest BCUT2D eigenvalue weighted by atomic mass is 16.5. The van der Waals surface area contributed by atoms with Crippen LogP contribution in [0.15, 0.2) is 84.9 Å². The fraction of sp³-hybridized carbons (Fsp3) is 0.333. The number of ether oxygens (including phenoxy) is 1. The van der Waals surface area contributed by atoms with Crippen molar-refractivity contribution in [3.05, 3.63) is 102 Å². The normalized spacial score (nSPS) is 14.6. The summed E-state index contributed by atoms with van der Waals surface area (Å²) in [5, 5.41) is 6.29. The number of hydrogen-bond donors (Lipinski definition) is 3. The van der Waals surface area contributed by atoms with E-state index in [-0.39, 0.29) is 17.9 Å². The standard InChI is InChI=1S/C30H35N3O3/c1-36-25-18-16-24(17-19-25)28(23-14-15-23)33-29(34)26(13-8-20-31)32-30(35)27(21-9-4-2-5-10-21)22-11-6-3-7-12-22/h2-7,9-12,16-19,23,26-28H,8,13-15,20,31H2,1H3,(H,32,35)(H,33,34)/t26-,28+/m1/s1. The Hall–Kier alpha value is -3.64. The van der Waals surface area contributed by atoms with Gasteiger partial charge in [-0.25, -0.2) is 0 Å². The second-order valence-corrected chi connectivity index (χ2v) is 9.34. The summed E-state index contributed by atoms with van der Waals surface area (Å²) in [4.78, 5) is 27.2. The Labute approximate surface area is 213 Å². The topological polar surface area (TPSA) is 93.4 Å². The lowest BCUT2D eigenvalue weighted by molar-refractivity contribution is -0.130. The fourth-order valence-corrected chi connectivity index (χ4v) is 4.60. The second-order valence-electron chi connectivity index (χ2n) is 9.34. The number of hydrogen-bond acceptors (Lipinski definition) is 4. The van der Waals surface area contributed by atoms with Crippen molar-refractivity contribution in [1.29, 1.82) is 0 Å². The van der Waals surface area contributed by atoms with Crippen molar-refractivity contribution in [3.8, 4) is 5.75 Å². The molecule has 0 unspecified atom stereocenters. The van der Waals surface area contributed by atoms with Gasteiger partial charge in [0.15, 0.2) is 0 Å². The van der Waals surface area contributed by atoms with E-state index in [0.29, 0.717) is 25.3 Å². The molecule has 0 aromatic heterocycles. The van der Waals surface area contributed by atoms with Crippen molar-refractivity contribution in [2.45, 2.75) is 43.7 Å². The molecule has 36 heavy (non-hydrogen) atoms. The maximum absolute atomic E-state index is 13.7. The summed E-state index contributed by atoms with van der Waals surface area (Å²) in [6, 6.07) is 26.4. The average molecular weight is 486 g/mol. The zero-order valence-corrected chi connectivity index (χ0v) is 20.7. The summed E-state index contributed by atoms with van der Waals surface area (Å²) >= 11 is 0. The van der Waals surface area contributed by atoms with E-state index in [1.807, 2.05) is 84.9 Å². The smallest absolute Gasteiger partial charge is 0.243 e. The molecule has 4 rings (SSSR count). The Morgan fingerprint density at radius 2 is 1.42 bits per heavy atom. The number of benzene rings is 3. The lowest BCUT2D eigenvalue weighted by Gasteiger charge is -2.26. The molecule has 2 atom stereocenters. The van der Waals surface area contributed by atoms with Crippen LogP contribution < -0.4 is 21.1 Å². The van der Waals surface area contributed by atoms with E-state index in [9.17, 15) is 9.59 Å². The number of carbonyl (C=O) groups excluding carboxylic acids is 2. The lowest BCUT2D eigenvalue weighted by atomic mass is 9.90. The first-order valence-corrected chi connectivity index (χ1v) is 12.7. The molecule has 4 N–H and O–H groups in total. The molecule has 1 fully saturated rings. The Kier molecular flexibility index (Phi) is 8.74. The largest absolute Gasteiger partial charge is 0.497 e. The van der Waals surface area contributed by atoms with Crippen LogP contribution in [0.1, 0.15) is 54.3 Å². The number of nitrogens with two attached hydrogens (primary N) is 1. The van der Waals surface area contributed by atoms with Crippen LogP contribution in [0.4, 0.5) is 0 Å². The SMILES string of the molecule is COc1ccc([C@@H](NC(=O)[C@@H](CCCN)NC(=O)C(c2ccccc2)c2ccccc2)C2CC2)cc1. The molecular weight excluding hydrogens is 450 g/mol. The van der Waals surface area contributed by atoms with Gasteiger partial charge in [-0.05, 0) is 67.0 Å². The molecule has 0 saturated heterocycles. The van der Waals surface area contributed by atoms with Gasteiger partial charge in [-0.2, -0.15) is 0 Å². The van der Waals surface area contributed by atoms with Gasteiger partial charge in [0.25, 0.3) is 0 Å². The van der Waals surface area contributed by atoms with Gasteiger partial charge in [0.2, 0.25) is 11.8 Å². The quantitative estimate of drug-likeness (QED) is 0.356. The van der Waals surface area contributed by atoms with E-state index in [0.717, 1.165) is 35.3 Å².